The average molecular weight is 443 g/mol. The van der Waals surface area contributed by atoms with E-state index in [9.17, 15) is 9.59 Å². The van der Waals surface area contributed by atoms with E-state index in [1.54, 1.807) is 4.90 Å². The molecule has 3 heterocycles. The summed E-state index contributed by atoms with van der Waals surface area (Å²) >= 11 is 1.43. The Balaban J connectivity index is 0.00000140. The topological polar surface area (TPSA) is 79.5 Å². The first-order chi connectivity index (χ1) is 12.6. The summed E-state index contributed by atoms with van der Waals surface area (Å²) in [5.41, 5.74) is 8.19. The second-order valence-electron chi connectivity index (χ2n) is 6.93. The van der Waals surface area contributed by atoms with Crippen LogP contribution in [0.25, 0.3) is 0 Å². The van der Waals surface area contributed by atoms with E-state index in [2.05, 4.69) is 17.1 Å². The molecule has 2 aromatic rings. The fourth-order valence-electron chi connectivity index (χ4n) is 3.70. The minimum absolute atomic E-state index is 0. The summed E-state index contributed by atoms with van der Waals surface area (Å²) in [6.45, 7) is 1.94. The van der Waals surface area contributed by atoms with Gasteiger partial charge in [0.15, 0.2) is 5.13 Å². The highest BCUT2D eigenvalue weighted by molar-refractivity contribution is 7.14. The molecule has 6 nitrogen and oxygen atoms in total. The molecule has 0 saturated carbocycles. The fraction of sp³-hybridized carbons (Fsp3) is 0.421. The molecule has 0 bridgehead atoms. The number of rotatable bonds is 4. The predicted octanol–water partition coefficient (Wildman–Crippen LogP) is 2.61. The maximum atomic E-state index is 12.7. The van der Waals surface area contributed by atoms with E-state index < -0.39 is 0 Å². The van der Waals surface area contributed by atoms with Crippen LogP contribution in [-0.2, 0) is 16.0 Å². The van der Waals surface area contributed by atoms with Crippen LogP contribution in [0.3, 0.4) is 0 Å². The summed E-state index contributed by atoms with van der Waals surface area (Å²) in [6.07, 6.45) is 1.71. The number of thiazole rings is 1. The summed E-state index contributed by atoms with van der Waals surface area (Å²) in [4.78, 5) is 32.6. The molecule has 1 aromatic heterocycles. The molecule has 1 aromatic carbocycles. The lowest BCUT2D eigenvalue weighted by Gasteiger charge is -2.16. The predicted molar refractivity (Wildman–Crippen MR) is 116 cm³/mol. The standard InChI is InChI=1S/C19H22N4O2S.2ClH/c20-16-11-22(10-15(16)13-5-2-1-3-6-13)18(25)9-14-12-26-19(21-14)23-8-4-7-17(23)24;;/h1-3,5-6,12,15-16H,4,7-11,20H2;2*1H/t15-,16+;;/m0../s1. The number of hydrogen-bond acceptors (Lipinski definition) is 5. The van der Waals surface area contributed by atoms with Crippen molar-refractivity contribution in [2.75, 3.05) is 24.5 Å². The number of halogens is 2. The summed E-state index contributed by atoms with van der Waals surface area (Å²) in [5.74, 6) is 0.338. The van der Waals surface area contributed by atoms with E-state index in [0.29, 0.717) is 24.6 Å². The van der Waals surface area contributed by atoms with Gasteiger partial charge in [-0.3, -0.25) is 14.5 Å². The Hall–Kier alpha value is -1.67. The van der Waals surface area contributed by atoms with Crippen LogP contribution in [0, 0.1) is 0 Å². The van der Waals surface area contributed by atoms with Gasteiger partial charge in [-0.2, -0.15) is 0 Å². The van der Waals surface area contributed by atoms with Gasteiger partial charge < -0.3 is 10.6 Å². The molecule has 2 saturated heterocycles. The van der Waals surface area contributed by atoms with Gasteiger partial charge in [-0.15, -0.1) is 36.2 Å². The van der Waals surface area contributed by atoms with Crippen molar-refractivity contribution >= 4 is 53.1 Å². The molecule has 2 N–H and O–H groups in total. The van der Waals surface area contributed by atoms with Crippen LogP contribution in [0.15, 0.2) is 35.7 Å². The number of carbonyl (C=O) groups is 2. The van der Waals surface area contributed by atoms with Crippen molar-refractivity contribution in [2.45, 2.75) is 31.2 Å². The zero-order valence-corrected chi connectivity index (χ0v) is 17.8. The molecular weight excluding hydrogens is 419 g/mol. The number of likely N-dealkylation sites (tertiary alicyclic amines) is 1. The Morgan fingerprint density at radius 2 is 1.96 bits per heavy atom. The third kappa shape index (κ3) is 4.66. The van der Waals surface area contributed by atoms with Crippen LogP contribution >= 0.6 is 36.2 Å². The van der Waals surface area contributed by atoms with Gasteiger partial charge in [-0.05, 0) is 12.0 Å². The first-order valence-corrected chi connectivity index (χ1v) is 9.83. The monoisotopic (exact) mass is 442 g/mol. The molecule has 4 rings (SSSR count). The van der Waals surface area contributed by atoms with Crippen LogP contribution in [0.4, 0.5) is 5.13 Å². The molecule has 2 aliphatic rings. The third-order valence-electron chi connectivity index (χ3n) is 5.12. The number of aromatic nitrogens is 1. The number of nitrogens with two attached hydrogens (primary N) is 1. The Morgan fingerprint density at radius 3 is 2.64 bits per heavy atom. The first-order valence-electron chi connectivity index (χ1n) is 8.95. The number of anilines is 1. The van der Waals surface area contributed by atoms with Crippen molar-refractivity contribution in [1.82, 2.24) is 9.88 Å². The molecule has 2 atom stereocenters. The van der Waals surface area contributed by atoms with Gasteiger partial charge in [-0.1, -0.05) is 30.3 Å². The zero-order valence-electron chi connectivity index (χ0n) is 15.3. The molecule has 9 heteroatoms. The van der Waals surface area contributed by atoms with Crippen molar-refractivity contribution < 1.29 is 9.59 Å². The molecular formula is C19H24Cl2N4O2S. The van der Waals surface area contributed by atoms with E-state index >= 15 is 0 Å². The van der Waals surface area contributed by atoms with Crippen molar-refractivity contribution in [3.63, 3.8) is 0 Å². The Labute approximate surface area is 180 Å². The SMILES string of the molecule is Cl.Cl.N[C@@H]1CN(C(=O)Cc2csc(N3CCCC3=O)n2)C[C@H]1c1ccccc1. The minimum atomic E-state index is -0.0467. The lowest BCUT2D eigenvalue weighted by Crippen LogP contribution is -2.33. The normalized spacial score (nSPS) is 21.4. The van der Waals surface area contributed by atoms with Crippen molar-refractivity contribution in [1.29, 1.82) is 0 Å². The van der Waals surface area contributed by atoms with E-state index in [1.165, 1.54) is 16.9 Å². The molecule has 2 fully saturated rings. The van der Waals surface area contributed by atoms with Gasteiger partial charge >= 0.3 is 0 Å². The van der Waals surface area contributed by atoms with Crippen molar-refractivity contribution in [2.24, 2.45) is 5.73 Å². The van der Waals surface area contributed by atoms with E-state index in [0.717, 1.165) is 18.7 Å². The van der Waals surface area contributed by atoms with Crippen LogP contribution in [0.2, 0.25) is 0 Å². The van der Waals surface area contributed by atoms with Gasteiger partial charge in [0.1, 0.15) is 0 Å². The van der Waals surface area contributed by atoms with Gasteiger partial charge in [-0.25, -0.2) is 4.98 Å². The summed E-state index contributed by atoms with van der Waals surface area (Å²) in [7, 11) is 0. The number of amides is 2. The maximum Gasteiger partial charge on any atom is 0.228 e. The van der Waals surface area contributed by atoms with Crippen molar-refractivity contribution in [3.05, 3.63) is 47.0 Å². The maximum absolute atomic E-state index is 12.7. The highest BCUT2D eigenvalue weighted by Crippen LogP contribution is 2.28. The summed E-state index contributed by atoms with van der Waals surface area (Å²) < 4.78 is 0. The van der Waals surface area contributed by atoms with Gasteiger partial charge in [0, 0.05) is 43.4 Å². The van der Waals surface area contributed by atoms with E-state index in [1.807, 2.05) is 28.5 Å². The van der Waals surface area contributed by atoms with Crippen LogP contribution in [0.5, 0.6) is 0 Å². The van der Waals surface area contributed by atoms with E-state index in [-0.39, 0.29) is 55.0 Å². The molecule has 0 radical (unpaired) electrons. The number of nitrogens with zero attached hydrogens (tertiary/aromatic N) is 3. The average Bonchev–Trinajstić information content (AvgIpc) is 3.35. The Morgan fingerprint density at radius 1 is 1.21 bits per heavy atom. The highest BCUT2D eigenvalue weighted by Gasteiger charge is 2.34. The lowest BCUT2D eigenvalue weighted by atomic mass is 9.95. The van der Waals surface area contributed by atoms with Gasteiger partial charge in [0.25, 0.3) is 0 Å². The number of carbonyl (C=O) groups excluding carboxylic acids is 2. The molecule has 2 aliphatic heterocycles. The second kappa shape index (κ2) is 9.69. The Bertz CT molecular complexity index is 817. The molecule has 0 spiro atoms. The minimum Gasteiger partial charge on any atom is -0.340 e. The largest absolute Gasteiger partial charge is 0.340 e. The summed E-state index contributed by atoms with van der Waals surface area (Å²) in [5, 5.41) is 2.58. The van der Waals surface area contributed by atoms with Crippen LogP contribution in [0.1, 0.15) is 30.0 Å². The number of hydrogen-bond donors (Lipinski definition) is 1. The number of benzene rings is 1. The molecule has 0 aliphatic carbocycles. The van der Waals surface area contributed by atoms with Gasteiger partial charge in [0.2, 0.25) is 11.8 Å². The third-order valence-corrected chi connectivity index (χ3v) is 6.03. The highest BCUT2D eigenvalue weighted by atomic mass is 35.5. The zero-order chi connectivity index (χ0) is 18.1. The van der Waals surface area contributed by atoms with Crippen LogP contribution in [-0.4, -0.2) is 47.4 Å². The Kier molecular flexibility index (Phi) is 7.83. The molecule has 0 unspecified atom stereocenters. The van der Waals surface area contributed by atoms with Gasteiger partial charge in [0.05, 0.1) is 12.1 Å². The summed E-state index contributed by atoms with van der Waals surface area (Å²) in [6, 6.07) is 10.1. The second-order valence-corrected chi connectivity index (χ2v) is 7.76. The smallest absolute Gasteiger partial charge is 0.228 e. The molecule has 152 valence electrons. The molecule has 28 heavy (non-hydrogen) atoms. The van der Waals surface area contributed by atoms with Crippen LogP contribution < -0.4 is 10.6 Å². The first kappa shape index (κ1) is 22.6. The van der Waals surface area contributed by atoms with Crippen molar-refractivity contribution in [3.8, 4) is 0 Å². The van der Waals surface area contributed by atoms with E-state index in [4.69, 9.17) is 5.73 Å². The molecule has 2 amide bonds. The quantitative estimate of drug-likeness (QED) is 0.788. The lowest BCUT2D eigenvalue weighted by molar-refractivity contribution is -0.129. The fourth-order valence-corrected chi connectivity index (χ4v) is 4.57.